The molecule has 14 aromatic carbocycles. The molecular formula is C94H57N5O3. The van der Waals surface area contributed by atoms with Gasteiger partial charge in [-0.1, -0.05) is 237 Å². The van der Waals surface area contributed by atoms with Gasteiger partial charge in [-0.15, -0.1) is 0 Å². The Morgan fingerprint density at radius 2 is 0.627 bits per heavy atom. The van der Waals surface area contributed by atoms with Crippen LogP contribution in [0.1, 0.15) is 0 Å². The van der Waals surface area contributed by atoms with Gasteiger partial charge in [0.25, 0.3) is 0 Å². The molecule has 0 fully saturated rings. The van der Waals surface area contributed by atoms with Crippen molar-refractivity contribution in [2.24, 2.45) is 0 Å². The molecule has 22 aromatic rings. The van der Waals surface area contributed by atoms with Crippen LogP contribution in [0.15, 0.2) is 359 Å². The second-order valence-electron chi connectivity index (χ2n) is 26.3. The predicted molar refractivity (Wildman–Crippen MR) is 421 cm³/mol. The van der Waals surface area contributed by atoms with Crippen LogP contribution >= 0.6 is 0 Å². The quantitative estimate of drug-likeness (QED) is 0.151. The smallest absolute Gasteiger partial charge is 0.136 e. The lowest BCUT2D eigenvalue weighted by Gasteiger charge is -2.14. The average molecular weight is 1300 g/mol. The Labute approximate surface area is 583 Å². The van der Waals surface area contributed by atoms with Crippen molar-refractivity contribution in [1.29, 1.82) is 0 Å². The summed E-state index contributed by atoms with van der Waals surface area (Å²) in [7, 11) is 0. The van der Waals surface area contributed by atoms with E-state index in [0.29, 0.717) is 0 Å². The maximum absolute atomic E-state index is 6.35. The van der Waals surface area contributed by atoms with Crippen LogP contribution in [0.3, 0.4) is 0 Å². The molecule has 0 radical (unpaired) electrons. The maximum Gasteiger partial charge on any atom is 0.136 e. The fourth-order valence-corrected chi connectivity index (χ4v) is 15.9. The zero-order chi connectivity index (χ0) is 66.9. The summed E-state index contributed by atoms with van der Waals surface area (Å²) in [6, 6.07) is 122. The SMILES string of the molecule is c1ccc(-c2cc(-n3c4ccccc4c4c3ccc3c5ccccc5n(-c5ccccc5)c34)cc(-c3cccc4oc5ccccc5c34)n2)cc1.c1ccc(-c2ccc(-c3cc(-n4c5ccccc5c5cc6oc7ccccc7c6cc54)cc(-c4ccc5c(c4)oc4ccccc45)n3)cc2)cc1. The van der Waals surface area contributed by atoms with Gasteiger partial charge in [0.1, 0.15) is 33.5 Å². The Morgan fingerprint density at radius 3 is 1.31 bits per heavy atom. The first-order valence-electron chi connectivity index (χ1n) is 34.5. The summed E-state index contributed by atoms with van der Waals surface area (Å²) < 4.78 is 26.2. The average Bonchev–Trinajstić information content (AvgIpc) is 1.55. The summed E-state index contributed by atoms with van der Waals surface area (Å²) in [6.07, 6.45) is 0. The molecule has 0 saturated carbocycles. The molecule has 8 nitrogen and oxygen atoms in total. The topological polar surface area (TPSA) is 80.0 Å². The van der Waals surface area contributed by atoms with Gasteiger partial charge in [0.15, 0.2) is 0 Å². The molecule has 476 valence electrons. The summed E-state index contributed by atoms with van der Waals surface area (Å²) in [6.45, 7) is 0. The van der Waals surface area contributed by atoms with E-state index < -0.39 is 0 Å². The normalized spacial score (nSPS) is 11.9. The monoisotopic (exact) mass is 1300 g/mol. The van der Waals surface area contributed by atoms with Gasteiger partial charge in [0, 0.05) is 92.6 Å². The number of nitrogens with zero attached hydrogens (tertiary/aromatic N) is 5. The molecule has 0 aliphatic heterocycles. The highest BCUT2D eigenvalue weighted by atomic mass is 16.3. The molecule has 0 atom stereocenters. The van der Waals surface area contributed by atoms with Crippen LogP contribution in [0.25, 0.3) is 204 Å². The van der Waals surface area contributed by atoms with Gasteiger partial charge in [-0.3, -0.25) is 0 Å². The summed E-state index contributed by atoms with van der Waals surface area (Å²) in [5.74, 6) is 0. The zero-order valence-electron chi connectivity index (χ0n) is 54.9. The van der Waals surface area contributed by atoms with E-state index in [1.165, 1.54) is 49.1 Å². The molecule has 8 aromatic heterocycles. The van der Waals surface area contributed by atoms with Gasteiger partial charge in [0.05, 0.1) is 67.3 Å². The van der Waals surface area contributed by atoms with E-state index in [1.807, 2.05) is 48.5 Å². The van der Waals surface area contributed by atoms with Gasteiger partial charge < -0.3 is 27.0 Å². The molecule has 0 bridgehead atoms. The molecular weight excluding hydrogens is 1250 g/mol. The highest BCUT2D eigenvalue weighted by molar-refractivity contribution is 6.26. The molecule has 22 rings (SSSR count). The van der Waals surface area contributed by atoms with Gasteiger partial charge >= 0.3 is 0 Å². The fourth-order valence-electron chi connectivity index (χ4n) is 15.9. The molecule has 102 heavy (non-hydrogen) atoms. The molecule has 8 heterocycles. The molecule has 0 spiro atoms. The lowest BCUT2D eigenvalue weighted by Crippen LogP contribution is -1.99. The van der Waals surface area contributed by atoms with Gasteiger partial charge in [-0.2, -0.15) is 0 Å². The Kier molecular flexibility index (Phi) is 12.9. The Balaban J connectivity index is 0.000000133. The zero-order valence-corrected chi connectivity index (χ0v) is 54.9. The number of pyridine rings is 2. The van der Waals surface area contributed by atoms with Crippen molar-refractivity contribution in [3.05, 3.63) is 346 Å². The molecule has 0 saturated heterocycles. The minimum Gasteiger partial charge on any atom is -0.456 e. The largest absolute Gasteiger partial charge is 0.456 e. The first-order valence-corrected chi connectivity index (χ1v) is 34.5. The van der Waals surface area contributed by atoms with Crippen LogP contribution in [0, 0.1) is 0 Å². The summed E-state index contributed by atoms with van der Waals surface area (Å²) >= 11 is 0. The number of furan rings is 3. The Morgan fingerprint density at radius 1 is 0.196 bits per heavy atom. The number of hydrogen-bond acceptors (Lipinski definition) is 5. The molecule has 0 aliphatic rings. The number of fused-ring (bicyclic) bond motifs is 19. The van der Waals surface area contributed by atoms with Crippen molar-refractivity contribution in [3.63, 3.8) is 0 Å². The van der Waals surface area contributed by atoms with Crippen LogP contribution in [-0.2, 0) is 0 Å². The number of benzene rings is 14. The molecule has 0 amide bonds. The van der Waals surface area contributed by atoms with Crippen LogP contribution in [0.2, 0.25) is 0 Å². The lowest BCUT2D eigenvalue weighted by molar-refractivity contribution is 0.668. The fraction of sp³-hybridized carbons (Fsp3) is 0. The highest BCUT2D eigenvalue weighted by Gasteiger charge is 2.24. The van der Waals surface area contributed by atoms with Gasteiger partial charge in [-0.05, 0) is 120 Å². The second-order valence-corrected chi connectivity index (χ2v) is 26.3. The molecule has 8 heteroatoms. The lowest BCUT2D eigenvalue weighted by atomic mass is 10.0. The van der Waals surface area contributed by atoms with Crippen molar-refractivity contribution >= 4 is 131 Å². The van der Waals surface area contributed by atoms with Crippen molar-refractivity contribution in [1.82, 2.24) is 23.7 Å². The molecule has 0 aliphatic carbocycles. The molecule has 0 N–H and O–H groups in total. The number of hydrogen-bond donors (Lipinski definition) is 0. The van der Waals surface area contributed by atoms with Crippen LogP contribution in [-0.4, -0.2) is 23.7 Å². The number of aromatic nitrogens is 5. The third kappa shape index (κ3) is 9.10. The number of para-hydroxylation sites is 7. The Bertz CT molecular complexity index is 7110. The summed E-state index contributed by atoms with van der Waals surface area (Å²) in [5, 5.41) is 13.8. The third-order valence-corrected chi connectivity index (χ3v) is 20.5. The Hall–Kier alpha value is -13.8. The summed E-state index contributed by atoms with van der Waals surface area (Å²) in [4.78, 5) is 10.7. The third-order valence-electron chi connectivity index (χ3n) is 20.5. The number of rotatable bonds is 8. The van der Waals surface area contributed by atoms with Crippen LogP contribution in [0.5, 0.6) is 0 Å². The summed E-state index contributed by atoms with van der Waals surface area (Å²) in [5.41, 5.74) is 25.5. The first kappa shape index (κ1) is 57.3. The first-order chi connectivity index (χ1) is 50.6. The van der Waals surface area contributed by atoms with Crippen LogP contribution in [0.4, 0.5) is 0 Å². The van der Waals surface area contributed by atoms with Gasteiger partial charge in [0.2, 0.25) is 0 Å². The van der Waals surface area contributed by atoms with E-state index in [9.17, 15) is 0 Å². The van der Waals surface area contributed by atoms with Crippen molar-refractivity contribution in [2.75, 3.05) is 0 Å². The van der Waals surface area contributed by atoms with E-state index in [4.69, 9.17) is 23.2 Å². The standard InChI is InChI=1S/C47H29N3O.C47H28N2O2/c1-3-14-30(15-4-1)38-28-32(29-39(48-38)35-21-13-25-44-45(35)37-20-9-12-24-43(37)51-44)49-41-23-11-8-19-36(41)46-42(49)27-26-34-33-18-7-10-22-40(33)50(47(34)46)31-16-5-2-6-17-31;1-2-10-29(11-3-1)30-18-20-31(21-19-30)40-25-33(26-41(48-40)32-22-23-37-35-13-5-8-16-44(35)50-46(37)24-32)49-42-15-7-4-12-34(42)38-28-47-39(27-43(38)49)36-14-6-9-17-45(36)51-47/h1-29H;1-28H. The van der Waals surface area contributed by atoms with E-state index in [-0.39, 0.29) is 0 Å². The maximum atomic E-state index is 6.35. The predicted octanol–water partition coefficient (Wildman–Crippen LogP) is 25.5. The van der Waals surface area contributed by atoms with E-state index in [1.54, 1.807) is 0 Å². The van der Waals surface area contributed by atoms with Crippen molar-refractivity contribution in [2.45, 2.75) is 0 Å². The van der Waals surface area contributed by atoms with Crippen molar-refractivity contribution in [3.8, 4) is 73.2 Å². The second kappa shape index (κ2) is 22.9. The van der Waals surface area contributed by atoms with E-state index in [2.05, 4.69) is 311 Å². The minimum atomic E-state index is 0.848. The molecule has 0 unspecified atom stereocenters. The highest BCUT2D eigenvalue weighted by Crippen LogP contribution is 2.46. The van der Waals surface area contributed by atoms with Crippen molar-refractivity contribution < 1.29 is 13.3 Å². The van der Waals surface area contributed by atoms with Crippen LogP contribution < -0.4 is 0 Å². The van der Waals surface area contributed by atoms with E-state index >= 15 is 0 Å². The minimum absolute atomic E-state index is 0.848. The van der Waals surface area contributed by atoms with E-state index in [0.717, 1.165) is 155 Å². The van der Waals surface area contributed by atoms with Gasteiger partial charge in [-0.25, -0.2) is 9.97 Å².